The van der Waals surface area contributed by atoms with Gasteiger partial charge >= 0.3 is 0 Å². The Bertz CT molecular complexity index is 482. The highest BCUT2D eigenvalue weighted by Gasteiger charge is 2.33. The summed E-state index contributed by atoms with van der Waals surface area (Å²) in [6, 6.07) is 3.31. The van der Waals surface area contributed by atoms with E-state index in [1.807, 2.05) is 0 Å². The van der Waals surface area contributed by atoms with Gasteiger partial charge < -0.3 is 20.9 Å². The van der Waals surface area contributed by atoms with E-state index in [4.69, 9.17) is 16.0 Å². The number of carbonyl (C=O) groups is 1. The summed E-state index contributed by atoms with van der Waals surface area (Å²) in [5.74, 6) is -0.261. The SMILES string of the molecule is NC(=NO)c1ccc(C(=O)N(CCO)C2CC2)nc1. The van der Waals surface area contributed by atoms with Gasteiger partial charge in [0.1, 0.15) is 5.69 Å². The summed E-state index contributed by atoms with van der Waals surface area (Å²) in [5, 5.41) is 20.4. The minimum absolute atomic E-state index is 0.0547. The van der Waals surface area contributed by atoms with Gasteiger partial charge in [0.15, 0.2) is 5.84 Å². The average molecular weight is 264 g/mol. The fourth-order valence-corrected chi connectivity index (χ4v) is 1.82. The molecule has 1 heterocycles. The minimum Gasteiger partial charge on any atom is -0.409 e. The summed E-state index contributed by atoms with van der Waals surface area (Å²) in [6.07, 6.45) is 3.31. The summed E-state index contributed by atoms with van der Waals surface area (Å²) in [4.78, 5) is 17.9. The van der Waals surface area contributed by atoms with Crippen LogP contribution >= 0.6 is 0 Å². The Balaban J connectivity index is 2.14. The maximum atomic E-state index is 12.2. The minimum atomic E-state index is -0.206. The third-order valence-electron chi connectivity index (χ3n) is 2.98. The quantitative estimate of drug-likeness (QED) is 0.294. The summed E-state index contributed by atoms with van der Waals surface area (Å²) < 4.78 is 0. The third-order valence-corrected chi connectivity index (χ3v) is 2.98. The number of nitrogens with two attached hydrogens (primary N) is 1. The monoisotopic (exact) mass is 264 g/mol. The number of carbonyl (C=O) groups excluding carboxylic acids is 1. The summed E-state index contributed by atoms with van der Waals surface area (Å²) in [5.41, 5.74) is 6.15. The summed E-state index contributed by atoms with van der Waals surface area (Å²) >= 11 is 0. The van der Waals surface area contributed by atoms with Crippen molar-refractivity contribution in [2.24, 2.45) is 10.9 Å². The van der Waals surface area contributed by atoms with Gasteiger partial charge in [0.25, 0.3) is 5.91 Å². The molecule has 0 radical (unpaired) electrons. The number of aromatic nitrogens is 1. The second-order valence-corrected chi connectivity index (χ2v) is 4.37. The topological polar surface area (TPSA) is 112 Å². The number of oxime groups is 1. The van der Waals surface area contributed by atoms with Gasteiger partial charge in [-0.3, -0.25) is 9.78 Å². The Morgan fingerprint density at radius 3 is 2.74 bits per heavy atom. The first-order valence-corrected chi connectivity index (χ1v) is 6.03. The van der Waals surface area contributed by atoms with Crippen LogP contribution in [-0.4, -0.2) is 51.1 Å². The van der Waals surface area contributed by atoms with Crippen molar-refractivity contribution in [2.45, 2.75) is 18.9 Å². The number of hydrogen-bond acceptors (Lipinski definition) is 5. The van der Waals surface area contributed by atoms with E-state index in [9.17, 15) is 4.79 Å². The fraction of sp³-hybridized carbons (Fsp3) is 0.417. The van der Waals surface area contributed by atoms with Crippen LogP contribution in [0, 0.1) is 0 Å². The van der Waals surface area contributed by atoms with Crippen LogP contribution in [0.15, 0.2) is 23.5 Å². The Morgan fingerprint density at radius 1 is 1.53 bits per heavy atom. The third kappa shape index (κ3) is 3.00. The van der Waals surface area contributed by atoms with Crippen molar-refractivity contribution in [3.8, 4) is 0 Å². The maximum absolute atomic E-state index is 12.2. The van der Waals surface area contributed by atoms with Gasteiger partial charge in [-0.2, -0.15) is 0 Å². The van der Waals surface area contributed by atoms with Gasteiger partial charge in [0.05, 0.1) is 6.61 Å². The van der Waals surface area contributed by atoms with Crippen molar-refractivity contribution < 1.29 is 15.1 Å². The molecule has 0 aliphatic heterocycles. The molecule has 1 aromatic heterocycles. The second-order valence-electron chi connectivity index (χ2n) is 4.37. The standard InChI is InChI=1S/C12H16N4O3/c13-11(15-19)8-1-4-10(14-7-8)12(18)16(5-6-17)9-2-3-9/h1,4,7,9,17,19H,2-3,5-6H2,(H2,13,15). The average Bonchev–Trinajstić information content (AvgIpc) is 3.28. The zero-order valence-corrected chi connectivity index (χ0v) is 10.4. The van der Waals surface area contributed by atoms with Gasteiger partial charge in [-0.25, -0.2) is 0 Å². The van der Waals surface area contributed by atoms with Crippen molar-refractivity contribution in [1.82, 2.24) is 9.88 Å². The van der Waals surface area contributed by atoms with Gasteiger partial charge in [0.2, 0.25) is 0 Å². The molecular weight excluding hydrogens is 248 g/mol. The van der Waals surface area contributed by atoms with Crippen LogP contribution in [0.4, 0.5) is 0 Å². The van der Waals surface area contributed by atoms with Crippen molar-refractivity contribution in [3.63, 3.8) is 0 Å². The number of aliphatic hydroxyl groups excluding tert-OH is 1. The molecule has 1 fully saturated rings. The van der Waals surface area contributed by atoms with E-state index >= 15 is 0 Å². The molecule has 0 spiro atoms. The highest BCUT2D eigenvalue weighted by molar-refractivity contribution is 5.98. The molecule has 4 N–H and O–H groups in total. The number of hydrogen-bond donors (Lipinski definition) is 3. The zero-order chi connectivity index (χ0) is 13.8. The summed E-state index contributed by atoms with van der Waals surface area (Å²) in [7, 11) is 0. The largest absolute Gasteiger partial charge is 0.409 e. The van der Waals surface area contributed by atoms with E-state index in [1.54, 1.807) is 11.0 Å². The van der Waals surface area contributed by atoms with Crippen LogP contribution in [-0.2, 0) is 0 Å². The molecule has 0 bridgehead atoms. The molecular formula is C12H16N4O3. The number of rotatable bonds is 5. The number of pyridine rings is 1. The first kappa shape index (κ1) is 13.3. The Kier molecular flexibility index (Phi) is 3.96. The fourth-order valence-electron chi connectivity index (χ4n) is 1.82. The molecule has 1 aliphatic carbocycles. The molecule has 19 heavy (non-hydrogen) atoms. The van der Waals surface area contributed by atoms with E-state index in [0.29, 0.717) is 12.1 Å². The maximum Gasteiger partial charge on any atom is 0.272 e. The zero-order valence-electron chi connectivity index (χ0n) is 10.4. The molecule has 1 aliphatic rings. The van der Waals surface area contributed by atoms with Crippen LogP contribution in [0.5, 0.6) is 0 Å². The van der Waals surface area contributed by atoms with Crippen LogP contribution < -0.4 is 5.73 Å². The van der Waals surface area contributed by atoms with Crippen LogP contribution in [0.2, 0.25) is 0 Å². The molecule has 0 atom stereocenters. The lowest BCUT2D eigenvalue weighted by molar-refractivity contribution is 0.0701. The molecule has 1 amide bonds. The molecule has 2 rings (SSSR count). The Labute approximate surface area is 110 Å². The first-order valence-electron chi connectivity index (χ1n) is 6.03. The van der Waals surface area contributed by atoms with Crippen molar-refractivity contribution in [1.29, 1.82) is 0 Å². The molecule has 7 nitrogen and oxygen atoms in total. The lowest BCUT2D eigenvalue weighted by Crippen LogP contribution is -2.36. The molecule has 7 heteroatoms. The molecule has 0 unspecified atom stereocenters. The van der Waals surface area contributed by atoms with E-state index in [1.165, 1.54) is 12.3 Å². The van der Waals surface area contributed by atoms with Crippen molar-refractivity contribution >= 4 is 11.7 Å². The number of aliphatic hydroxyl groups is 1. The van der Waals surface area contributed by atoms with Crippen LogP contribution in [0.1, 0.15) is 28.9 Å². The molecule has 1 saturated carbocycles. The number of amidine groups is 1. The van der Waals surface area contributed by atoms with Crippen LogP contribution in [0.25, 0.3) is 0 Å². The van der Waals surface area contributed by atoms with Gasteiger partial charge in [-0.05, 0) is 25.0 Å². The normalized spacial score (nSPS) is 15.3. The highest BCUT2D eigenvalue weighted by atomic mass is 16.4. The second kappa shape index (κ2) is 5.66. The van der Waals surface area contributed by atoms with Crippen molar-refractivity contribution in [3.05, 3.63) is 29.6 Å². The Morgan fingerprint density at radius 2 is 2.26 bits per heavy atom. The predicted molar refractivity (Wildman–Crippen MR) is 67.9 cm³/mol. The molecule has 0 aromatic carbocycles. The van der Waals surface area contributed by atoms with E-state index in [2.05, 4.69) is 10.1 Å². The van der Waals surface area contributed by atoms with E-state index in [0.717, 1.165) is 12.8 Å². The number of amides is 1. The van der Waals surface area contributed by atoms with Gasteiger partial charge in [-0.15, -0.1) is 0 Å². The van der Waals surface area contributed by atoms with E-state index < -0.39 is 0 Å². The van der Waals surface area contributed by atoms with Crippen LogP contribution in [0.3, 0.4) is 0 Å². The van der Waals surface area contributed by atoms with Gasteiger partial charge in [-0.1, -0.05) is 5.16 Å². The first-order chi connectivity index (χ1) is 9.17. The molecule has 0 saturated heterocycles. The van der Waals surface area contributed by atoms with Crippen molar-refractivity contribution in [2.75, 3.05) is 13.2 Å². The molecule has 102 valence electrons. The predicted octanol–water partition coefficient (Wildman–Crippen LogP) is -0.227. The smallest absolute Gasteiger partial charge is 0.272 e. The Hall–Kier alpha value is -2.15. The number of nitrogens with zero attached hydrogens (tertiary/aromatic N) is 3. The van der Waals surface area contributed by atoms with Gasteiger partial charge in [0, 0.05) is 24.3 Å². The van der Waals surface area contributed by atoms with E-state index in [-0.39, 0.29) is 30.1 Å². The molecule has 1 aromatic rings. The lowest BCUT2D eigenvalue weighted by Gasteiger charge is -2.20. The summed E-state index contributed by atoms with van der Waals surface area (Å²) in [6.45, 7) is 0.248. The highest BCUT2D eigenvalue weighted by Crippen LogP contribution is 2.27. The lowest BCUT2D eigenvalue weighted by atomic mass is 10.2.